The van der Waals surface area contributed by atoms with Gasteiger partial charge in [-0.3, -0.25) is 4.79 Å². The molecule has 0 radical (unpaired) electrons. The molecule has 0 spiro atoms. The van der Waals surface area contributed by atoms with Crippen molar-refractivity contribution in [2.24, 2.45) is 0 Å². The fourth-order valence-corrected chi connectivity index (χ4v) is 3.67. The number of ether oxygens (including phenoxy) is 2. The predicted octanol–water partition coefficient (Wildman–Crippen LogP) is 4.43. The van der Waals surface area contributed by atoms with Gasteiger partial charge in [-0.25, -0.2) is 0 Å². The van der Waals surface area contributed by atoms with Crippen LogP contribution in [0.4, 0.5) is 0 Å². The summed E-state index contributed by atoms with van der Waals surface area (Å²) >= 11 is 7.60. The molecule has 0 aliphatic carbocycles. The number of aromatic hydroxyl groups is 1. The number of rotatable bonds is 3. The first-order chi connectivity index (χ1) is 11.5. The largest absolute Gasteiger partial charge is 0.502 e. The van der Waals surface area contributed by atoms with E-state index in [1.54, 1.807) is 42.1 Å². The molecule has 0 fully saturated rings. The molecule has 0 saturated carbocycles. The fraction of sp³-hybridized carbons (Fsp3) is 0.167. The van der Waals surface area contributed by atoms with Gasteiger partial charge in [0.15, 0.2) is 17.3 Å². The van der Waals surface area contributed by atoms with Crippen LogP contribution in [0, 0.1) is 0 Å². The Hall–Kier alpha value is -2.11. The lowest BCUT2D eigenvalue weighted by molar-refractivity contribution is 0.103. The number of benzene rings is 2. The minimum absolute atomic E-state index is 0.0442. The van der Waals surface area contributed by atoms with Gasteiger partial charge >= 0.3 is 0 Å². The molecule has 1 aliphatic rings. The number of fused-ring (bicyclic) bond motifs is 1. The number of methoxy groups -OCH3 is 2. The average molecular weight is 363 g/mol. The number of ketones is 1. The van der Waals surface area contributed by atoms with E-state index in [1.807, 2.05) is 6.07 Å². The minimum atomic E-state index is -0.0661. The van der Waals surface area contributed by atoms with Crippen molar-refractivity contribution in [1.82, 2.24) is 0 Å². The fourth-order valence-electron chi connectivity index (χ4n) is 2.51. The molecule has 1 aliphatic heterocycles. The van der Waals surface area contributed by atoms with E-state index in [2.05, 4.69) is 0 Å². The maximum absolute atomic E-state index is 12.7. The number of thioether (sulfide) groups is 1. The molecule has 124 valence electrons. The van der Waals surface area contributed by atoms with Crippen LogP contribution in [0.2, 0.25) is 5.02 Å². The normalized spacial score (nSPS) is 15.3. The zero-order valence-corrected chi connectivity index (χ0v) is 14.7. The number of carbonyl (C=O) groups excluding carboxylic acids is 1. The lowest BCUT2D eigenvalue weighted by Gasteiger charge is -2.17. The first kappa shape index (κ1) is 16.7. The maximum Gasteiger partial charge on any atom is 0.200 e. The van der Waals surface area contributed by atoms with Crippen LogP contribution in [0.25, 0.3) is 6.08 Å². The van der Waals surface area contributed by atoms with Crippen molar-refractivity contribution in [2.75, 3.05) is 20.0 Å². The highest BCUT2D eigenvalue weighted by atomic mass is 35.5. The summed E-state index contributed by atoms with van der Waals surface area (Å²) in [5, 5.41) is 10.5. The summed E-state index contributed by atoms with van der Waals surface area (Å²) < 4.78 is 10.3. The van der Waals surface area contributed by atoms with Crippen LogP contribution >= 0.6 is 23.4 Å². The van der Waals surface area contributed by atoms with Crippen molar-refractivity contribution in [3.05, 3.63) is 52.1 Å². The first-order valence-electron chi connectivity index (χ1n) is 7.16. The van der Waals surface area contributed by atoms with Gasteiger partial charge in [0.25, 0.3) is 0 Å². The van der Waals surface area contributed by atoms with E-state index >= 15 is 0 Å². The molecular formula is C18H15ClO4S. The second-order valence-electron chi connectivity index (χ2n) is 5.20. The summed E-state index contributed by atoms with van der Waals surface area (Å²) in [7, 11) is 2.93. The van der Waals surface area contributed by atoms with E-state index in [0.717, 1.165) is 10.5 Å². The summed E-state index contributed by atoms with van der Waals surface area (Å²) in [5.74, 6) is 1.04. The minimum Gasteiger partial charge on any atom is -0.502 e. The Morgan fingerprint density at radius 1 is 1.17 bits per heavy atom. The molecule has 0 unspecified atom stereocenters. The Bertz CT molecular complexity index is 820. The van der Waals surface area contributed by atoms with E-state index in [0.29, 0.717) is 33.4 Å². The second kappa shape index (κ2) is 6.79. The van der Waals surface area contributed by atoms with E-state index in [-0.39, 0.29) is 11.5 Å². The molecule has 0 aromatic heterocycles. The lowest BCUT2D eigenvalue weighted by atomic mass is 10.0. The Labute approximate surface area is 149 Å². The van der Waals surface area contributed by atoms with Gasteiger partial charge in [-0.15, -0.1) is 11.8 Å². The van der Waals surface area contributed by atoms with Gasteiger partial charge in [-0.1, -0.05) is 11.6 Å². The molecule has 0 amide bonds. The Balaban J connectivity index is 2.02. The number of hydrogen-bond donors (Lipinski definition) is 1. The SMILES string of the molecule is COc1cc(/C=C2/CSc3ccc(Cl)cc3C2=O)cc(OC)c1O. The van der Waals surface area contributed by atoms with Crippen LogP contribution in [-0.2, 0) is 0 Å². The van der Waals surface area contributed by atoms with Crippen LogP contribution in [0.5, 0.6) is 17.2 Å². The van der Waals surface area contributed by atoms with Crippen molar-refractivity contribution in [1.29, 1.82) is 0 Å². The van der Waals surface area contributed by atoms with Gasteiger partial charge in [0, 0.05) is 26.8 Å². The molecule has 4 nitrogen and oxygen atoms in total. The molecule has 3 rings (SSSR count). The van der Waals surface area contributed by atoms with E-state index in [9.17, 15) is 9.90 Å². The van der Waals surface area contributed by atoms with Gasteiger partial charge < -0.3 is 14.6 Å². The summed E-state index contributed by atoms with van der Waals surface area (Å²) in [5.41, 5.74) is 1.99. The molecular weight excluding hydrogens is 348 g/mol. The molecule has 6 heteroatoms. The molecule has 24 heavy (non-hydrogen) atoms. The molecule has 1 heterocycles. The van der Waals surface area contributed by atoms with Gasteiger partial charge in [-0.2, -0.15) is 0 Å². The van der Waals surface area contributed by atoms with E-state index < -0.39 is 0 Å². The van der Waals surface area contributed by atoms with E-state index in [1.165, 1.54) is 14.2 Å². The van der Waals surface area contributed by atoms with Gasteiger partial charge in [-0.05, 0) is 42.0 Å². The van der Waals surface area contributed by atoms with Crippen LogP contribution in [0.3, 0.4) is 0 Å². The third kappa shape index (κ3) is 3.09. The quantitative estimate of drug-likeness (QED) is 0.818. The summed E-state index contributed by atoms with van der Waals surface area (Å²) in [6.45, 7) is 0. The number of hydrogen-bond acceptors (Lipinski definition) is 5. The summed E-state index contributed by atoms with van der Waals surface area (Å²) in [4.78, 5) is 13.6. The van der Waals surface area contributed by atoms with Crippen molar-refractivity contribution >= 4 is 35.2 Å². The maximum atomic E-state index is 12.7. The zero-order valence-electron chi connectivity index (χ0n) is 13.1. The predicted molar refractivity (Wildman–Crippen MR) is 95.7 cm³/mol. The smallest absolute Gasteiger partial charge is 0.200 e. The standard InChI is InChI=1S/C18H15ClO4S/c1-22-14-6-10(7-15(23-2)18(14)21)5-11-9-24-16-4-3-12(19)8-13(16)17(11)20/h3-8,21H,9H2,1-2H3/b11-5-. The molecule has 0 bridgehead atoms. The average Bonchev–Trinajstić information content (AvgIpc) is 2.59. The molecule has 2 aromatic rings. The van der Waals surface area contributed by atoms with Crippen LogP contribution < -0.4 is 9.47 Å². The van der Waals surface area contributed by atoms with Crippen molar-refractivity contribution in [3.63, 3.8) is 0 Å². The number of Topliss-reactive ketones (excluding diaryl/α,β-unsaturated/α-hetero) is 1. The van der Waals surface area contributed by atoms with Gasteiger partial charge in [0.1, 0.15) is 0 Å². The third-order valence-corrected chi connectivity index (χ3v) is 5.06. The van der Waals surface area contributed by atoms with Crippen molar-refractivity contribution in [2.45, 2.75) is 4.90 Å². The second-order valence-corrected chi connectivity index (χ2v) is 6.66. The summed E-state index contributed by atoms with van der Waals surface area (Å²) in [6, 6.07) is 8.67. The highest BCUT2D eigenvalue weighted by molar-refractivity contribution is 7.99. The highest BCUT2D eigenvalue weighted by Gasteiger charge is 2.23. The van der Waals surface area contributed by atoms with Crippen molar-refractivity contribution in [3.8, 4) is 17.2 Å². The molecule has 0 saturated heterocycles. The highest BCUT2D eigenvalue weighted by Crippen LogP contribution is 2.39. The summed E-state index contributed by atoms with van der Waals surface area (Å²) in [6.07, 6.45) is 1.78. The van der Waals surface area contributed by atoms with Crippen molar-refractivity contribution < 1.29 is 19.4 Å². The third-order valence-electron chi connectivity index (χ3n) is 3.70. The first-order valence-corrected chi connectivity index (χ1v) is 8.52. The number of phenolic OH excluding ortho intramolecular Hbond substituents is 1. The number of carbonyl (C=O) groups is 1. The lowest BCUT2D eigenvalue weighted by Crippen LogP contribution is -2.12. The molecule has 2 aromatic carbocycles. The van der Waals surface area contributed by atoms with Crippen LogP contribution in [0.15, 0.2) is 40.8 Å². The van der Waals surface area contributed by atoms with Crippen LogP contribution in [0.1, 0.15) is 15.9 Å². The topological polar surface area (TPSA) is 55.8 Å². The monoisotopic (exact) mass is 362 g/mol. The Morgan fingerprint density at radius 3 is 2.46 bits per heavy atom. The number of halogens is 1. The van der Waals surface area contributed by atoms with Gasteiger partial charge in [0.05, 0.1) is 14.2 Å². The molecule has 1 N–H and O–H groups in total. The van der Waals surface area contributed by atoms with Crippen LogP contribution in [-0.4, -0.2) is 30.9 Å². The van der Waals surface area contributed by atoms with Gasteiger partial charge in [0.2, 0.25) is 5.75 Å². The Morgan fingerprint density at radius 2 is 1.83 bits per heavy atom. The number of phenols is 1. The Kier molecular flexibility index (Phi) is 4.73. The molecule has 0 atom stereocenters. The van der Waals surface area contributed by atoms with E-state index in [4.69, 9.17) is 21.1 Å². The zero-order chi connectivity index (χ0) is 17.3.